The maximum Gasteiger partial charge on any atom is 0.245 e. The number of rotatable bonds is 3. The first-order valence-corrected chi connectivity index (χ1v) is 8.44. The Morgan fingerprint density at radius 3 is 2.60 bits per heavy atom. The van der Waals surface area contributed by atoms with Gasteiger partial charge in [-0.25, -0.2) is 0 Å². The van der Waals surface area contributed by atoms with Crippen LogP contribution in [-0.2, 0) is 6.54 Å². The van der Waals surface area contributed by atoms with Gasteiger partial charge in [0.1, 0.15) is 0 Å². The van der Waals surface area contributed by atoms with Gasteiger partial charge in [-0.2, -0.15) is 8.97 Å². The van der Waals surface area contributed by atoms with E-state index < -0.39 is 0 Å². The van der Waals surface area contributed by atoms with Crippen molar-refractivity contribution in [1.82, 2.24) is 0 Å². The summed E-state index contributed by atoms with van der Waals surface area (Å²) >= 11 is 0. The number of nitrogens with zero attached hydrogens (tertiary/aromatic N) is 2. The van der Waals surface area contributed by atoms with Gasteiger partial charge in [0, 0.05) is 41.3 Å². The lowest BCUT2D eigenvalue weighted by Crippen LogP contribution is -2.38. The number of benzene rings is 1. The van der Waals surface area contributed by atoms with Crippen LogP contribution in [-0.4, -0.2) is 6.29 Å². The standard InChI is InChI=1S/C22H20N2O/c1-16-11-18(13-23-9-6-4-8-20(23)15-25)17(2)21-12-19-7-3-5-10-24(19)14-22(16)21/h3-12,14-15H,13H2,1-2H3/q+2. The summed E-state index contributed by atoms with van der Waals surface area (Å²) in [6.07, 6.45) is 7.14. The van der Waals surface area contributed by atoms with Crippen molar-refractivity contribution in [3.63, 3.8) is 0 Å². The van der Waals surface area contributed by atoms with Gasteiger partial charge in [0.25, 0.3) is 0 Å². The molecule has 0 spiro atoms. The second kappa shape index (κ2) is 6.10. The van der Waals surface area contributed by atoms with Gasteiger partial charge in [-0.15, -0.1) is 0 Å². The molecule has 3 heteroatoms. The largest absolute Gasteiger partial charge is 0.291 e. The lowest BCUT2D eigenvalue weighted by Gasteiger charge is -2.10. The van der Waals surface area contributed by atoms with Gasteiger partial charge < -0.3 is 0 Å². The first-order valence-electron chi connectivity index (χ1n) is 8.44. The molecule has 0 unspecified atom stereocenters. The molecule has 0 radical (unpaired) electrons. The van der Waals surface area contributed by atoms with Gasteiger partial charge in [-0.3, -0.25) is 4.79 Å². The highest BCUT2D eigenvalue weighted by molar-refractivity contribution is 5.90. The fraction of sp³-hybridized carbons (Fsp3) is 0.136. The van der Waals surface area contributed by atoms with Crippen molar-refractivity contribution < 1.29 is 13.8 Å². The summed E-state index contributed by atoms with van der Waals surface area (Å²) in [7, 11) is 0. The molecule has 0 bridgehead atoms. The molecule has 4 rings (SSSR count). The number of aldehydes is 1. The SMILES string of the molecule is Cc1cc(C[n+]2ccccc2C=O)c(C)c2cc3cccc[n+]3cc12. The predicted molar refractivity (Wildman–Crippen MR) is 97.7 cm³/mol. The van der Waals surface area contributed by atoms with E-state index in [0.717, 1.165) is 6.29 Å². The normalized spacial score (nSPS) is 11.1. The highest BCUT2D eigenvalue weighted by Crippen LogP contribution is 2.25. The van der Waals surface area contributed by atoms with Gasteiger partial charge in [0.05, 0.1) is 0 Å². The molecule has 0 saturated heterocycles. The van der Waals surface area contributed by atoms with E-state index in [1.54, 1.807) is 0 Å². The molecule has 0 fully saturated rings. The maximum absolute atomic E-state index is 11.3. The fourth-order valence-electron chi connectivity index (χ4n) is 3.48. The van der Waals surface area contributed by atoms with Gasteiger partial charge in [-0.1, -0.05) is 0 Å². The van der Waals surface area contributed by atoms with E-state index in [2.05, 4.69) is 54.9 Å². The Morgan fingerprint density at radius 1 is 0.960 bits per heavy atom. The Kier molecular flexibility index (Phi) is 3.77. The molecule has 0 amide bonds. The molecule has 1 aromatic carbocycles. The van der Waals surface area contributed by atoms with E-state index in [1.165, 1.54) is 33.0 Å². The quantitative estimate of drug-likeness (QED) is 0.322. The molecule has 25 heavy (non-hydrogen) atoms. The molecule has 0 saturated carbocycles. The molecule has 4 aromatic rings. The summed E-state index contributed by atoms with van der Waals surface area (Å²) < 4.78 is 4.15. The third-order valence-corrected chi connectivity index (χ3v) is 4.91. The fourth-order valence-corrected chi connectivity index (χ4v) is 3.48. The molecule has 3 heterocycles. The minimum atomic E-state index is 0.689. The molecule has 0 aliphatic carbocycles. The van der Waals surface area contributed by atoms with Crippen molar-refractivity contribution in [3.8, 4) is 0 Å². The Hall–Kier alpha value is -3.07. The van der Waals surface area contributed by atoms with Crippen LogP contribution in [0.25, 0.3) is 16.3 Å². The molecule has 0 aliphatic rings. The maximum atomic E-state index is 11.3. The first-order chi connectivity index (χ1) is 12.2. The average molecular weight is 328 g/mol. The van der Waals surface area contributed by atoms with E-state index in [1.807, 2.05) is 35.0 Å². The molecule has 122 valence electrons. The third kappa shape index (κ3) is 2.68. The molecule has 3 aromatic heterocycles. The number of carbonyl (C=O) groups excluding carboxylic acids is 1. The van der Waals surface area contributed by atoms with E-state index in [9.17, 15) is 4.79 Å². The van der Waals surface area contributed by atoms with Crippen molar-refractivity contribution in [3.05, 3.63) is 89.5 Å². The average Bonchev–Trinajstić information content (AvgIpc) is 2.65. The summed E-state index contributed by atoms with van der Waals surface area (Å²) in [6.45, 7) is 5.01. The van der Waals surface area contributed by atoms with Crippen LogP contribution in [0.3, 0.4) is 0 Å². The summed E-state index contributed by atoms with van der Waals surface area (Å²) in [4.78, 5) is 11.3. The zero-order chi connectivity index (χ0) is 17.4. The molecule has 0 aliphatic heterocycles. The third-order valence-electron chi connectivity index (χ3n) is 4.91. The van der Waals surface area contributed by atoms with E-state index in [0.29, 0.717) is 12.2 Å². The van der Waals surface area contributed by atoms with Crippen LogP contribution < -0.4 is 8.97 Å². The molecule has 0 atom stereocenters. The highest BCUT2D eigenvalue weighted by atomic mass is 16.1. The highest BCUT2D eigenvalue weighted by Gasteiger charge is 2.16. The minimum absolute atomic E-state index is 0.689. The Labute approximate surface area is 146 Å². The van der Waals surface area contributed by atoms with Gasteiger partial charge in [-0.05, 0) is 48.6 Å². The molecular formula is C22H20N2O+2. The van der Waals surface area contributed by atoms with Gasteiger partial charge in [0.2, 0.25) is 17.5 Å². The van der Waals surface area contributed by atoms with E-state index >= 15 is 0 Å². The molecule has 3 nitrogen and oxygen atoms in total. The molecular weight excluding hydrogens is 308 g/mol. The van der Waals surface area contributed by atoms with Gasteiger partial charge >= 0.3 is 0 Å². The van der Waals surface area contributed by atoms with Crippen LogP contribution in [0.1, 0.15) is 27.2 Å². The minimum Gasteiger partial charge on any atom is -0.291 e. The van der Waals surface area contributed by atoms with Crippen LogP contribution in [0.4, 0.5) is 0 Å². The second-order valence-corrected chi connectivity index (χ2v) is 6.48. The zero-order valence-corrected chi connectivity index (χ0v) is 14.4. The Bertz CT molecular complexity index is 1120. The van der Waals surface area contributed by atoms with Gasteiger partial charge in [0.15, 0.2) is 25.1 Å². The van der Waals surface area contributed by atoms with E-state index in [4.69, 9.17) is 0 Å². The summed E-state index contributed by atoms with van der Waals surface area (Å²) in [5.41, 5.74) is 5.62. The van der Waals surface area contributed by atoms with Crippen molar-refractivity contribution in [2.24, 2.45) is 0 Å². The van der Waals surface area contributed by atoms with Crippen molar-refractivity contribution in [2.75, 3.05) is 0 Å². The lowest BCUT2D eigenvalue weighted by atomic mass is 9.96. The van der Waals surface area contributed by atoms with Crippen LogP contribution in [0, 0.1) is 13.8 Å². The van der Waals surface area contributed by atoms with Crippen LogP contribution in [0.15, 0.2) is 67.1 Å². The van der Waals surface area contributed by atoms with Crippen molar-refractivity contribution >= 4 is 22.6 Å². The Balaban J connectivity index is 1.92. The topological polar surface area (TPSA) is 25.0 Å². The second-order valence-electron chi connectivity index (χ2n) is 6.48. The zero-order valence-electron chi connectivity index (χ0n) is 14.4. The number of carbonyl (C=O) groups is 1. The van der Waals surface area contributed by atoms with Crippen LogP contribution >= 0.6 is 0 Å². The smallest absolute Gasteiger partial charge is 0.245 e. The predicted octanol–water partition coefficient (Wildman–Crippen LogP) is 3.34. The number of aryl methyl sites for hydroxylation is 2. The van der Waals surface area contributed by atoms with Crippen LogP contribution in [0.5, 0.6) is 0 Å². The lowest BCUT2D eigenvalue weighted by molar-refractivity contribution is -0.689. The van der Waals surface area contributed by atoms with Crippen molar-refractivity contribution in [2.45, 2.75) is 20.4 Å². The Morgan fingerprint density at radius 2 is 1.76 bits per heavy atom. The number of pyridine rings is 3. The number of aromatic nitrogens is 2. The summed E-state index contributed by atoms with van der Waals surface area (Å²) in [5.74, 6) is 0. The number of fused-ring (bicyclic) bond motifs is 2. The molecule has 0 N–H and O–H groups in total. The monoisotopic (exact) mass is 328 g/mol. The number of hydrogen-bond acceptors (Lipinski definition) is 1. The summed E-state index contributed by atoms with van der Waals surface area (Å²) in [6, 6.07) is 16.4. The van der Waals surface area contributed by atoms with Crippen molar-refractivity contribution in [1.29, 1.82) is 0 Å². The van der Waals surface area contributed by atoms with Crippen LogP contribution in [0.2, 0.25) is 0 Å². The summed E-state index contributed by atoms with van der Waals surface area (Å²) in [5, 5.41) is 2.53. The number of hydrogen-bond donors (Lipinski definition) is 0. The van der Waals surface area contributed by atoms with E-state index in [-0.39, 0.29) is 0 Å². The first kappa shape index (κ1) is 15.5.